The Kier molecular flexibility index (Phi) is 8.23. The molecule has 1 fully saturated rings. The van der Waals surface area contributed by atoms with Crippen molar-refractivity contribution < 1.29 is 19.4 Å². The smallest absolute Gasteiger partial charge is 0.349 e. The summed E-state index contributed by atoms with van der Waals surface area (Å²) < 4.78 is 7.56. The molecule has 3 aromatic heterocycles. The Balaban J connectivity index is 1.06. The number of aryl methyl sites for hydroxylation is 1. The number of aromatic nitrogens is 2. The highest BCUT2D eigenvalue weighted by Gasteiger charge is 2.45. The van der Waals surface area contributed by atoms with E-state index in [4.69, 9.17) is 4.74 Å². The molecule has 38 heavy (non-hydrogen) atoms. The number of H-pyrrole nitrogens is 1. The van der Waals surface area contributed by atoms with Crippen LogP contribution < -0.4 is 11.0 Å². The van der Waals surface area contributed by atoms with Crippen LogP contribution in [0.3, 0.4) is 0 Å². The minimum atomic E-state index is -1.76. The SMILES string of the molecule is O=Cc1ccc2c(c1)[nH]c(=O)n2CCCCNC1CCC(OC(=O)C(O)(c2cccs2)c2cccs2)CC1. The van der Waals surface area contributed by atoms with Crippen molar-refractivity contribution in [2.45, 2.75) is 62.8 Å². The molecule has 1 aliphatic carbocycles. The second kappa shape index (κ2) is 11.8. The van der Waals surface area contributed by atoms with Crippen molar-refractivity contribution in [1.82, 2.24) is 14.9 Å². The molecule has 0 radical (unpaired) electrons. The molecule has 0 unspecified atom stereocenters. The molecular formula is C28H31N3O5S2. The summed E-state index contributed by atoms with van der Waals surface area (Å²) >= 11 is 2.69. The number of aldehydes is 1. The van der Waals surface area contributed by atoms with Crippen LogP contribution in [0.5, 0.6) is 0 Å². The van der Waals surface area contributed by atoms with Gasteiger partial charge in [-0.1, -0.05) is 12.1 Å². The van der Waals surface area contributed by atoms with Crippen LogP contribution in [0.15, 0.2) is 58.0 Å². The zero-order valence-electron chi connectivity index (χ0n) is 20.9. The van der Waals surface area contributed by atoms with Gasteiger partial charge in [0.15, 0.2) is 0 Å². The monoisotopic (exact) mass is 553 g/mol. The van der Waals surface area contributed by atoms with Gasteiger partial charge in [-0.05, 0) is 86.2 Å². The minimum Gasteiger partial charge on any atom is -0.460 e. The largest absolute Gasteiger partial charge is 0.460 e. The van der Waals surface area contributed by atoms with Gasteiger partial charge >= 0.3 is 11.7 Å². The molecule has 1 aromatic carbocycles. The van der Waals surface area contributed by atoms with E-state index in [9.17, 15) is 19.5 Å². The highest BCUT2D eigenvalue weighted by atomic mass is 32.1. The molecule has 200 valence electrons. The summed E-state index contributed by atoms with van der Waals surface area (Å²) in [6, 6.07) is 12.8. The lowest BCUT2D eigenvalue weighted by Crippen LogP contribution is -2.41. The Morgan fingerprint density at radius 3 is 2.45 bits per heavy atom. The van der Waals surface area contributed by atoms with Gasteiger partial charge in [-0.3, -0.25) is 9.36 Å². The van der Waals surface area contributed by atoms with Crippen LogP contribution in [0.2, 0.25) is 0 Å². The predicted molar refractivity (Wildman–Crippen MR) is 149 cm³/mol. The van der Waals surface area contributed by atoms with E-state index in [0.717, 1.165) is 56.9 Å². The molecule has 3 heterocycles. The standard InChI is InChI=1S/C28H31N3O5S2/c32-18-19-7-12-23-22(17-19)30-27(34)31(23)14-2-1-13-29-20-8-10-21(11-9-20)36-26(33)28(35,24-5-3-15-37-24)25-6-4-16-38-25/h3-7,12,15-18,20-21,29,35H,1-2,8-11,13-14H2,(H,30,34). The third kappa shape index (κ3) is 5.54. The van der Waals surface area contributed by atoms with Crippen molar-refractivity contribution >= 4 is 46.0 Å². The second-order valence-electron chi connectivity index (χ2n) is 9.68. The van der Waals surface area contributed by atoms with E-state index in [0.29, 0.717) is 33.4 Å². The maximum Gasteiger partial charge on any atom is 0.349 e. The Labute approximate surface area is 228 Å². The number of thiophene rings is 2. The quantitative estimate of drug-likeness (QED) is 0.144. The maximum absolute atomic E-state index is 13.2. The van der Waals surface area contributed by atoms with Gasteiger partial charge in [0, 0.05) is 18.2 Å². The topological polar surface area (TPSA) is 113 Å². The van der Waals surface area contributed by atoms with E-state index in [1.54, 1.807) is 28.8 Å². The van der Waals surface area contributed by atoms with Crippen molar-refractivity contribution in [2.24, 2.45) is 0 Å². The number of unbranched alkanes of at least 4 members (excludes halogenated alkanes) is 1. The molecule has 5 rings (SSSR count). The van der Waals surface area contributed by atoms with Crippen molar-refractivity contribution in [3.63, 3.8) is 0 Å². The molecule has 3 N–H and O–H groups in total. The number of rotatable bonds is 11. The molecule has 0 aliphatic heterocycles. The third-order valence-electron chi connectivity index (χ3n) is 7.17. The maximum atomic E-state index is 13.2. The number of imidazole rings is 1. The normalized spacial score (nSPS) is 18.0. The van der Waals surface area contributed by atoms with Crippen molar-refractivity contribution in [3.05, 3.63) is 79.0 Å². The fourth-order valence-corrected chi connectivity index (χ4v) is 6.80. The number of esters is 1. The van der Waals surface area contributed by atoms with Gasteiger partial charge in [-0.15, -0.1) is 22.7 Å². The third-order valence-corrected chi connectivity index (χ3v) is 9.13. The molecule has 1 saturated carbocycles. The zero-order valence-corrected chi connectivity index (χ0v) is 22.6. The molecular weight excluding hydrogens is 522 g/mol. The number of carbonyl (C=O) groups is 2. The molecule has 0 bridgehead atoms. The van der Waals surface area contributed by atoms with E-state index < -0.39 is 11.6 Å². The average molecular weight is 554 g/mol. The van der Waals surface area contributed by atoms with Gasteiger partial charge in [-0.2, -0.15) is 0 Å². The zero-order chi connectivity index (χ0) is 26.5. The van der Waals surface area contributed by atoms with Gasteiger partial charge in [0.2, 0.25) is 5.60 Å². The van der Waals surface area contributed by atoms with Gasteiger partial charge < -0.3 is 20.1 Å². The van der Waals surface area contributed by atoms with Crippen LogP contribution in [-0.4, -0.2) is 45.6 Å². The van der Waals surface area contributed by atoms with Crippen LogP contribution in [0.1, 0.15) is 58.6 Å². The van der Waals surface area contributed by atoms with Crippen molar-refractivity contribution in [2.75, 3.05) is 6.54 Å². The highest BCUT2D eigenvalue weighted by molar-refractivity contribution is 7.12. The van der Waals surface area contributed by atoms with Gasteiger partial charge in [0.25, 0.3) is 0 Å². The molecule has 0 spiro atoms. The Hall–Kier alpha value is -3.05. The van der Waals surface area contributed by atoms with E-state index in [1.807, 2.05) is 29.0 Å². The molecule has 8 nitrogen and oxygen atoms in total. The summed E-state index contributed by atoms with van der Waals surface area (Å²) in [6.07, 6.45) is 5.64. The number of hydrogen-bond acceptors (Lipinski definition) is 8. The second-order valence-corrected chi connectivity index (χ2v) is 11.6. The number of aromatic amines is 1. The summed E-state index contributed by atoms with van der Waals surface area (Å²) in [6.45, 7) is 1.46. The first kappa shape index (κ1) is 26.6. The first-order valence-corrected chi connectivity index (χ1v) is 14.7. The van der Waals surface area contributed by atoms with Crippen molar-refractivity contribution in [1.29, 1.82) is 0 Å². The fourth-order valence-electron chi connectivity index (χ4n) is 5.09. The molecule has 4 aromatic rings. The predicted octanol–water partition coefficient (Wildman–Crippen LogP) is 4.43. The fraction of sp³-hybridized carbons (Fsp3) is 0.393. The number of ether oxygens (including phenoxy) is 1. The number of nitrogens with zero attached hydrogens (tertiary/aromatic N) is 1. The minimum absolute atomic E-state index is 0.158. The lowest BCUT2D eigenvalue weighted by atomic mass is 9.92. The lowest BCUT2D eigenvalue weighted by molar-refractivity contribution is -0.169. The molecule has 10 heteroatoms. The van der Waals surface area contributed by atoms with Crippen LogP contribution in [0, 0.1) is 0 Å². The van der Waals surface area contributed by atoms with E-state index in [2.05, 4.69) is 10.3 Å². The van der Waals surface area contributed by atoms with Crippen LogP contribution in [-0.2, 0) is 21.7 Å². The first-order chi connectivity index (χ1) is 18.5. The Morgan fingerprint density at radius 2 is 1.82 bits per heavy atom. The van der Waals surface area contributed by atoms with Crippen LogP contribution >= 0.6 is 22.7 Å². The van der Waals surface area contributed by atoms with E-state index in [-0.39, 0.29) is 11.8 Å². The van der Waals surface area contributed by atoms with E-state index >= 15 is 0 Å². The van der Waals surface area contributed by atoms with Crippen LogP contribution in [0.25, 0.3) is 11.0 Å². The highest BCUT2D eigenvalue weighted by Crippen LogP contribution is 2.37. The lowest BCUT2D eigenvalue weighted by Gasteiger charge is -2.32. The summed E-state index contributed by atoms with van der Waals surface area (Å²) in [5.74, 6) is -0.603. The van der Waals surface area contributed by atoms with Crippen molar-refractivity contribution in [3.8, 4) is 0 Å². The van der Waals surface area contributed by atoms with Gasteiger partial charge in [0.05, 0.1) is 20.8 Å². The summed E-state index contributed by atoms with van der Waals surface area (Å²) in [5.41, 5.74) is 0.112. The molecule has 0 atom stereocenters. The number of fused-ring (bicyclic) bond motifs is 1. The summed E-state index contributed by atoms with van der Waals surface area (Å²) in [4.78, 5) is 40.4. The average Bonchev–Trinajstić information content (AvgIpc) is 3.71. The summed E-state index contributed by atoms with van der Waals surface area (Å²) in [5, 5.41) is 18.7. The van der Waals surface area contributed by atoms with Gasteiger partial charge in [0.1, 0.15) is 12.4 Å². The Bertz CT molecular complexity index is 1380. The van der Waals surface area contributed by atoms with E-state index in [1.165, 1.54) is 22.7 Å². The summed E-state index contributed by atoms with van der Waals surface area (Å²) in [7, 11) is 0. The number of aliphatic hydroxyl groups is 1. The molecule has 0 saturated heterocycles. The van der Waals surface area contributed by atoms with Crippen LogP contribution in [0.4, 0.5) is 0 Å². The molecule has 0 amide bonds. The first-order valence-electron chi connectivity index (χ1n) is 12.9. The number of benzene rings is 1. The number of hydrogen-bond donors (Lipinski definition) is 3. The Morgan fingerprint density at radius 1 is 1.11 bits per heavy atom. The van der Waals surface area contributed by atoms with Gasteiger partial charge in [-0.25, -0.2) is 9.59 Å². The number of carbonyl (C=O) groups excluding carboxylic acids is 2. The number of nitrogens with one attached hydrogen (secondary N) is 2. The molecule has 1 aliphatic rings.